The molecular formula is C17H17N3OS. The lowest BCUT2D eigenvalue weighted by Gasteiger charge is -2.35. The van der Waals surface area contributed by atoms with Crippen LogP contribution >= 0.6 is 11.3 Å². The second-order valence-corrected chi connectivity index (χ2v) is 6.66. The van der Waals surface area contributed by atoms with E-state index >= 15 is 0 Å². The van der Waals surface area contributed by atoms with Crippen molar-refractivity contribution in [3.8, 4) is 0 Å². The van der Waals surface area contributed by atoms with E-state index in [-0.39, 0.29) is 11.9 Å². The number of aryl methyl sites for hydroxylation is 1. The fourth-order valence-corrected chi connectivity index (χ4v) is 3.89. The van der Waals surface area contributed by atoms with Gasteiger partial charge >= 0.3 is 0 Å². The van der Waals surface area contributed by atoms with E-state index in [0.717, 1.165) is 29.2 Å². The molecule has 3 aromatic rings. The van der Waals surface area contributed by atoms with E-state index in [0.29, 0.717) is 6.42 Å². The monoisotopic (exact) mass is 311 g/mol. The summed E-state index contributed by atoms with van der Waals surface area (Å²) in [5.74, 6) is 0.130. The van der Waals surface area contributed by atoms with Gasteiger partial charge in [-0.15, -0.1) is 11.3 Å². The number of hydrogen-bond donors (Lipinski definition) is 0. The molecule has 0 saturated carbocycles. The van der Waals surface area contributed by atoms with Gasteiger partial charge in [-0.2, -0.15) is 0 Å². The Hall–Kier alpha value is -2.14. The van der Waals surface area contributed by atoms with Gasteiger partial charge in [0.25, 0.3) is 0 Å². The first-order chi connectivity index (χ1) is 10.7. The highest BCUT2D eigenvalue weighted by molar-refractivity contribution is 7.15. The first-order valence-corrected chi connectivity index (χ1v) is 8.41. The molecule has 3 heterocycles. The standard InChI is InChI=1S/C17H17N3OS/c1-12-6-7-13-4-2-3-5-15(13)20(12)16(21)10-14-11-19-8-9-22-17(19)18-14/h2-5,8-9,11-12H,6-7,10H2,1H3/t12-/m0/s1. The maximum absolute atomic E-state index is 12.8. The third-order valence-electron chi connectivity index (χ3n) is 4.27. The van der Waals surface area contributed by atoms with Crippen molar-refractivity contribution in [3.05, 3.63) is 53.3 Å². The third kappa shape index (κ3) is 2.22. The van der Waals surface area contributed by atoms with E-state index in [2.05, 4.69) is 24.0 Å². The van der Waals surface area contributed by atoms with Gasteiger partial charge in [-0.25, -0.2) is 4.98 Å². The van der Waals surface area contributed by atoms with Crippen molar-refractivity contribution >= 4 is 27.9 Å². The second kappa shape index (κ2) is 5.25. The highest BCUT2D eigenvalue weighted by Gasteiger charge is 2.28. The number of imidazole rings is 1. The van der Waals surface area contributed by atoms with Crippen LogP contribution in [0.1, 0.15) is 24.6 Å². The predicted molar refractivity (Wildman–Crippen MR) is 88.5 cm³/mol. The lowest BCUT2D eigenvalue weighted by atomic mass is 9.96. The van der Waals surface area contributed by atoms with E-state index in [1.165, 1.54) is 5.56 Å². The van der Waals surface area contributed by atoms with Crippen molar-refractivity contribution in [1.29, 1.82) is 0 Å². The summed E-state index contributed by atoms with van der Waals surface area (Å²) < 4.78 is 1.97. The van der Waals surface area contributed by atoms with Crippen LogP contribution in [0, 0.1) is 0 Å². The summed E-state index contributed by atoms with van der Waals surface area (Å²) in [6, 6.07) is 8.46. The minimum absolute atomic E-state index is 0.130. The molecule has 0 spiro atoms. The van der Waals surface area contributed by atoms with Crippen LogP contribution in [0.3, 0.4) is 0 Å². The zero-order valence-electron chi connectivity index (χ0n) is 12.4. The second-order valence-electron chi connectivity index (χ2n) is 5.78. The molecule has 0 aliphatic carbocycles. The van der Waals surface area contributed by atoms with Crippen molar-refractivity contribution in [2.75, 3.05) is 4.90 Å². The molecule has 0 N–H and O–H groups in total. The number of carbonyl (C=O) groups excluding carboxylic acids is 1. The van der Waals surface area contributed by atoms with Gasteiger partial charge in [0.1, 0.15) is 0 Å². The van der Waals surface area contributed by atoms with Gasteiger partial charge in [-0.3, -0.25) is 9.20 Å². The summed E-state index contributed by atoms with van der Waals surface area (Å²) in [4.78, 5) is 20.2. The average molecular weight is 311 g/mol. The Kier molecular flexibility index (Phi) is 3.22. The quantitative estimate of drug-likeness (QED) is 0.728. The zero-order valence-corrected chi connectivity index (χ0v) is 13.2. The van der Waals surface area contributed by atoms with Gasteiger partial charge in [0, 0.05) is 29.5 Å². The number of fused-ring (bicyclic) bond motifs is 2. The number of hydrogen-bond acceptors (Lipinski definition) is 3. The molecule has 4 rings (SSSR count). The SMILES string of the molecule is C[C@H]1CCc2ccccc2N1C(=O)Cc1cn2ccsc2n1. The Bertz CT molecular complexity index is 807. The molecule has 1 aromatic carbocycles. The molecule has 112 valence electrons. The Morgan fingerprint density at radius 1 is 1.41 bits per heavy atom. The number of rotatable bonds is 2. The third-order valence-corrected chi connectivity index (χ3v) is 5.04. The van der Waals surface area contributed by atoms with Gasteiger partial charge in [-0.05, 0) is 31.4 Å². The van der Waals surface area contributed by atoms with Gasteiger partial charge in [0.05, 0.1) is 12.1 Å². The summed E-state index contributed by atoms with van der Waals surface area (Å²) in [6.07, 6.45) is 6.33. The molecule has 1 atom stereocenters. The molecule has 0 bridgehead atoms. The fourth-order valence-electron chi connectivity index (χ4n) is 3.17. The Morgan fingerprint density at radius 2 is 2.27 bits per heavy atom. The molecule has 0 fully saturated rings. The predicted octanol–water partition coefficient (Wildman–Crippen LogP) is 3.31. The number of benzene rings is 1. The van der Waals surface area contributed by atoms with Crippen molar-refractivity contribution in [1.82, 2.24) is 9.38 Å². The maximum atomic E-state index is 12.8. The van der Waals surface area contributed by atoms with Crippen LogP contribution < -0.4 is 4.90 Å². The maximum Gasteiger partial charge on any atom is 0.233 e. The lowest BCUT2D eigenvalue weighted by molar-refractivity contribution is -0.118. The minimum Gasteiger partial charge on any atom is -0.309 e. The molecule has 5 heteroatoms. The Morgan fingerprint density at radius 3 is 3.14 bits per heavy atom. The molecule has 1 aliphatic rings. The number of amides is 1. The Balaban J connectivity index is 1.63. The van der Waals surface area contributed by atoms with Crippen LogP contribution in [0.15, 0.2) is 42.0 Å². The van der Waals surface area contributed by atoms with Gasteiger partial charge in [0.2, 0.25) is 5.91 Å². The molecule has 22 heavy (non-hydrogen) atoms. The number of anilines is 1. The van der Waals surface area contributed by atoms with Crippen LogP contribution in [0.25, 0.3) is 4.96 Å². The normalized spacial score (nSPS) is 17.7. The number of carbonyl (C=O) groups is 1. The van der Waals surface area contributed by atoms with Crippen LogP contribution in [0.5, 0.6) is 0 Å². The molecule has 1 aliphatic heterocycles. The van der Waals surface area contributed by atoms with Crippen LogP contribution in [-0.4, -0.2) is 21.3 Å². The summed E-state index contributed by atoms with van der Waals surface area (Å²) in [6.45, 7) is 2.12. The highest BCUT2D eigenvalue weighted by Crippen LogP contribution is 2.31. The molecular weight excluding hydrogens is 294 g/mol. The smallest absolute Gasteiger partial charge is 0.233 e. The van der Waals surface area contributed by atoms with Crippen molar-refractivity contribution in [2.45, 2.75) is 32.2 Å². The fraction of sp³-hybridized carbons (Fsp3) is 0.294. The average Bonchev–Trinajstić information content (AvgIpc) is 3.08. The van der Waals surface area contributed by atoms with Crippen LogP contribution in [-0.2, 0) is 17.6 Å². The summed E-state index contributed by atoms with van der Waals surface area (Å²) in [5, 5.41) is 2.00. The zero-order chi connectivity index (χ0) is 15.1. The van der Waals surface area contributed by atoms with Crippen molar-refractivity contribution in [2.24, 2.45) is 0 Å². The molecule has 2 aromatic heterocycles. The van der Waals surface area contributed by atoms with Crippen molar-refractivity contribution in [3.63, 3.8) is 0 Å². The number of thiazole rings is 1. The summed E-state index contributed by atoms with van der Waals surface area (Å²) in [7, 11) is 0. The van der Waals surface area contributed by atoms with Gasteiger partial charge < -0.3 is 4.90 Å². The van der Waals surface area contributed by atoms with E-state index in [1.807, 2.05) is 39.2 Å². The first-order valence-electron chi connectivity index (χ1n) is 7.53. The number of nitrogens with zero attached hydrogens (tertiary/aromatic N) is 3. The number of aromatic nitrogens is 2. The van der Waals surface area contributed by atoms with E-state index in [1.54, 1.807) is 11.3 Å². The summed E-state index contributed by atoms with van der Waals surface area (Å²) in [5.41, 5.74) is 3.17. The molecule has 0 unspecified atom stereocenters. The number of para-hydroxylation sites is 1. The summed E-state index contributed by atoms with van der Waals surface area (Å²) >= 11 is 1.59. The van der Waals surface area contributed by atoms with Gasteiger partial charge in [-0.1, -0.05) is 18.2 Å². The molecule has 0 radical (unpaired) electrons. The first kappa shape index (κ1) is 13.5. The lowest BCUT2D eigenvalue weighted by Crippen LogP contribution is -2.43. The van der Waals surface area contributed by atoms with Crippen LogP contribution in [0.4, 0.5) is 5.69 Å². The van der Waals surface area contributed by atoms with Crippen molar-refractivity contribution < 1.29 is 4.79 Å². The van der Waals surface area contributed by atoms with E-state index < -0.39 is 0 Å². The minimum atomic E-state index is 0.130. The highest BCUT2D eigenvalue weighted by atomic mass is 32.1. The largest absolute Gasteiger partial charge is 0.309 e. The molecule has 4 nitrogen and oxygen atoms in total. The van der Waals surface area contributed by atoms with Gasteiger partial charge in [0.15, 0.2) is 4.96 Å². The van der Waals surface area contributed by atoms with Crippen LogP contribution in [0.2, 0.25) is 0 Å². The van der Waals surface area contributed by atoms with E-state index in [9.17, 15) is 4.79 Å². The molecule has 0 saturated heterocycles. The topological polar surface area (TPSA) is 37.6 Å². The van der Waals surface area contributed by atoms with E-state index in [4.69, 9.17) is 0 Å². The Labute approximate surface area is 133 Å². The molecule has 1 amide bonds.